The first-order valence-corrected chi connectivity index (χ1v) is 9.47. The molecule has 0 saturated carbocycles. The predicted octanol–water partition coefficient (Wildman–Crippen LogP) is 2.55. The molecule has 0 bridgehead atoms. The van der Waals surface area contributed by atoms with Gasteiger partial charge < -0.3 is 24.4 Å². The molecule has 0 aromatic heterocycles. The first-order chi connectivity index (χ1) is 14.4. The summed E-state index contributed by atoms with van der Waals surface area (Å²) in [5, 5.41) is 2.68. The predicted molar refractivity (Wildman–Crippen MR) is 111 cm³/mol. The number of carbonyl (C=O) groups is 3. The highest BCUT2D eigenvalue weighted by Gasteiger charge is 2.37. The van der Waals surface area contributed by atoms with Crippen LogP contribution in [-0.4, -0.2) is 45.2 Å². The number of methoxy groups -OCH3 is 2. The van der Waals surface area contributed by atoms with Crippen molar-refractivity contribution in [1.29, 1.82) is 0 Å². The van der Waals surface area contributed by atoms with E-state index in [1.807, 2.05) is 25.1 Å². The number of aryl methyl sites for hydroxylation is 1. The van der Waals surface area contributed by atoms with Crippen LogP contribution in [0.25, 0.3) is 0 Å². The Balaban J connectivity index is 1.58. The number of rotatable bonds is 7. The second-order valence-corrected chi connectivity index (χ2v) is 6.97. The quantitative estimate of drug-likeness (QED) is 0.703. The zero-order valence-corrected chi connectivity index (χ0v) is 17.1. The number of hydrogen-bond donors (Lipinski definition) is 1. The highest BCUT2D eigenvalue weighted by atomic mass is 16.5. The first kappa shape index (κ1) is 21.2. The van der Waals surface area contributed by atoms with Gasteiger partial charge in [-0.05, 0) is 36.8 Å². The lowest BCUT2D eigenvalue weighted by Gasteiger charge is -2.20. The minimum absolute atomic E-state index is 0.00746. The fourth-order valence-corrected chi connectivity index (χ4v) is 3.28. The van der Waals surface area contributed by atoms with Gasteiger partial charge in [-0.15, -0.1) is 0 Å². The van der Waals surface area contributed by atoms with Crippen molar-refractivity contribution in [3.8, 4) is 11.5 Å². The Labute approximate surface area is 174 Å². The van der Waals surface area contributed by atoms with Crippen LogP contribution < -0.4 is 19.7 Å². The summed E-state index contributed by atoms with van der Waals surface area (Å²) in [5.41, 5.74) is 2.18. The Bertz CT molecular complexity index is 958. The van der Waals surface area contributed by atoms with E-state index in [2.05, 4.69) is 5.32 Å². The molecule has 8 nitrogen and oxygen atoms in total. The Hall–Kier alpha value is -3.55. The topological polar surface area (TPSA) is 94.2 Å². The second kappa shape index (κ2) is 9.30. The zero-order chi connectivity index (χ0) is 21.7. The van der Waals surface area contributed by atoms with Gasteiger partial charge in [0.15, 0.2) is 6.61 Å². The lowest BCUT2D eigenvalue weighted by atomic mass is 10.1. The number of nitrogens with one attached hydrogen (secondary N) is 1. The van der Waals surface area contributed by atoms with E-state index < -0.39 is 24.4 Å². The molecule has 1 saturated heterocycles. The number of ether oxygens (including phenoxy) is 3. The average molecular weight is 412 g/mol. The summed E-state index contributed by atoms with van der Waals surface area (Å²) >= 11 is 0. The van der Waals surface area contributed by atoms with E-state index in [-0.39, 0.29) is 18.9 Å². The van der Waals surface area contributed by atoms with E-state index in [0.29, 0.717) is 22.9 Å². The third kappa shape index (κ3) is 4.89. The largest absolute Gasteiger partial charge is 0.497 e. The summed E-state index contributed by atoms with van der Waals surface area (Å²) in [4.78, 5) is 38.4. The number of anilines is 2. The zero-order valence-electron chi connectivity index (χ0n) is 17.1. The summed E-state index contributed by atoms with van der Waals surface area (Å²) in [6.07, 6.45) is 0.00746. The van der Waals surface area contributed by atoms with Crippen molar-refractivity contribution in [3.05, 3.63) is 48.0 Å². The Morgan fingerprint density at radius 1 is 1.13 bits per heavy atom. The molecular weight excluding hydrogens is 388 g/mol. The maximum atomic E-state index is 12.5. The molecule has 30 heavy (non-hydrogen) atoms. The van der Waals surface area contributed by atoms with Crippen LogP contribution in [-0.2, 0) is 19.1 Å². The van der Waals surface area contributed by atoms with E-state index in [0.717, 1.165) is 5.56 Å². The highest BCUT2D eigenvalue weighted by Crippen LogP contribution is 2.36. The summed E-state index contributed by atoms with van der Waals surface area (Å²) in [5.74, 6) is -0.836. The van der Waals surface area contributed by atoms with Gasteiger partial charge in [-0.25, -0.2) is 0 Å². The van der Waals surface area contributed by atoms with Crippen molar-refractivity contribution in [2.75, 3.05) is 37.6 Å². The summed E-state index contributed by atoms with van der Waals surface area (Å²) in [6.45, 7) is 1.65. The number of amides is 2. The SMILES string of the molecule is COc1ccc(N2C[C@H](C(=O)OCC(=O)Nc3cccc(C)c3)CC2=O)c(OC)c1. The highest BCUT2D eigenvalue weighted by molar-refractivity contribution is 6.01. The number of nitrogens with zero attached hydrogens (tertiary/aromatic N) is 1. The molecule has 0 radical (unpaired) electrons. The standard InChI is InChI=1S/C22H24N2O6/c1-14-5-4-6-16(9-14)23-20(25)13-30-22(27)15-10-21(26)24(12-15)18-8-7-17(28-2)11-19(18)29-3/h4-9,11,15H,10,12-13H2,1-3H3,(H,23,25)/t15-/m1/s1. The third-order valence-electron chi connectivity index (χ3n) is 4.78. The smallest absolute Gasteiger partial charge is 0.311 e. The molecule has 1 aliphatic heterocycles. The van der Waals surface area contributed by atoms with Crippen LogP contribution in [0.2, 0.25) is 0 Å². The molecule has 2 aromatic rings. The first-order valence-electron chi connectivity index (χ1n) is 9.47. The van der Waals surface area contributed by atoms with Gasteiger partial charge in [-0.1, -0.05) is 12.1 Å². The van der Waals surface area contributed by atoms with Crippen molar-refractivity contribution >= 4 is 29.2 Å². The molecule has 1 atom stereocenters. The Morgan fingerprint density at radius 2 is 1.93 bits per heavy atom. The van der Waals surface area contributed by atoms with Crippen LogP contribution in [0, 0.1) is 12.8 Å². The fraction of sp³-hybridized carbons (Fsp3) is 0.318. The molecule has 158 valence electrons. The van der Waals surface area contributed by atoms with Gasteiger partial charge >= 0.3 is 5.97 Å². The Kier molecular flexibility index (Phi) is 6.56. The van der Waals surface area contributed by atoms with Gasteiger partial charge in [-0.3, -0.25) is 14.4 Å². The molecule has 2 aromatic carbocycles. The van der Waals surface area contributed by atoms with Crippen molar-refractivity contribution in [1.82, 2.24) is 0 Å². The van der Waals surface area contributed by atoms with Gasteiger partial charge in [0.05, 0.1) is 25.8 Å². The maximum Gasteiger partial charge on any atom is 0.311 e. The molecule has 1 fully saturated rings. The Morgan fingerprint density at radius 3 is 2.63 bits per heavy atom. The monoisotopic (exact) mass is 412 g/mol. The maximum absolute atomic E-state index is 12.5. The van der Waals surface area contributed by atoms with Crippen molar-refractivity contribution in [3.63, 3.8) is 0 Å². The van der Waals surface area contributed by atoms with Crippen LogP contribution in [0.15, 0.2) is 42.5 Å². The van der Waals surface area contributed by atoms with Crippen LogP contribution >= 0.6 is 0 Å². The van der Waals surface area contributed by atoms with Crippen LogP contribution in [0.3, 0.4) is 0 Å². The molecular formula is C22H24N2O6. The number of esters is 1. The summed E-state index contributed by atoms with van der Waals surface area (Å²) in [7, 11) is 3.04. The normalized spacial score (nSPS) is 15.6. The number of benzene rings is 2. The average Bonchev–Trinajstić information content (AvgIpc) is 3.13. The summed E-state index contributed by atoms with van der Waals surface area (Å²) in [6, 6.07) is 12.4. The number of hydrogen-bond acceptors (Lipinski definition) is 6. The van der Waals surface area contributed by atoms with E-state index >= 15 is 0 Å². The molecule has 1 aliphatic rings. The van der Waals surface area contributed by atoms with E-state index in [4.69, 9.17) is 14.2 Å². The fourth-order valence-electron chi connectivity index (χ4n) is 3.28. The van der Waals surface area contributed by atoms with E-state index in [9.17, 15) is 14.4 Å². The van der Waals surface area contributed by atoms with Crippen LogP contribution in [0.4, 0.5) is 11.4 Å². The molecule has 0 aliphatic carbocycles. The van der Waals surface area contributed by atoms with Gasteiger partial charge in [-0.2, -0.15) is 0 Å². The minimum Gasteiger partial charge on any atom is -0.497 e. The van der Waals surface area contributed by atoms with Crippen molar-refractivity contribution in [2.45, 2.75) is 13.3 Å². The lowest BCUT2D eigenvalue weighted by Crippen LogP contribution is -2.28. The van der Waals surface area contributed by atoms with E-state index in [1.165, 1.54) is 19.1 Å². The second-order valence-electron chi connectivity index (χ2n) is 6.97. The molecule has 3 rings (SSSR count). The molecule has 1 N–H and O–H groups in total. The molecule has 0 spiro atoms. The third-order valence-corrected chi connectivity index (χ3v) is 4.78. The van der Waals surface area contributed by atoms with Crippen LogP contribution in [0.5, 0.6) is 11.5 Å². The van der Waals surface area contributed by atoms with Crippen molar-refractivity contribution in [2.24, 2.45) is 5.92 Å². The van der Waals surface area contributed by atoms with Crippen molar-refractivity contribution < 1.29 is 28.6 Å². The van der Waals surface area contributed by atoms with Gasteiger partial charge in [0.1, 0.15) is 11.5 Å². The molecule has 8 heteroatoms. The van der Waals surface area contributed by atoms with Gasteiger partial charge in [0, 0.05) is 24.7 Å². The summed E-state index contributed by atoms with van der Waals surface area (Å²) < 4.78 is 15.6. The molecule has 2 amide bonds. The number of carbonyl (C=O) groups excluding carboxylic acids is 3. The van der Waals surface area contributed by atoms with Gasteiger partial charge in [0.25, 0.3) is 5.91 Å². The molecule has 0 unspecified atom stereocenters. The lowest BCUT2D eigenvalue weighted by molar-refractivity contribution is -0.151. The van der Waals surface area contributed by atoms with Gasteiger partial charge in [0.2, 0.25) is 5.91 Å². The van der Waals surface area contributed by atoms with E-state index in [1.54, 1.807) is 24.3 Å². The van der Waals surface area contributed by atoms with Crippen LogP contribution in [0.1, 0.15) is 12.0 Å². The minimum atomic E-state index is -0.656. The molecule has 1 heterocycles.